The number of fused-ring (bicyclic) bond motifs is 1. The van der Waals surface area contributed by atoms with Crippen LogP contribution >= 0.6 is 34.5 Å². The Kier molecular flexibility index (Phi) is 6.67. The molecule has 3 aromatic heterocycles. The van der Waals surface area contributed by atoms with Crippen molar-refractivity contribution in [3.05, 3.63) is 51.5 Å². The van der Waals surface area contributed by atoms with Crippen LogP contribution in [0.15, 0.2) is 29.0 Å². The third-order valence-corrected chi connectivity index (χ3v) is 8.76. The topological polar surface area (TPSA) is 111 Å². The van der Waals surface area contributed by atoms with E-state index in [0.717, 1.165) is 59.1 Å². The number of hydrogen-bond acceptors (Lipinski definition) is 9. The molecule has 0 bridgehead atoms. The van der Waals surface area contributed by atoms with Gasteiger partial charge in [0.2, 0.25) is 5.91 Å². The van der Waals surface area contributed by atoms with Crippen molar-refractivity contribution in [1.82, 2.24) is 20.0 Å². The van der Waals surface area contributed by atoms with Crippen molar-refractivity contribution in [3.8, 4) is 17.0 Å². The van der Waals surface area contributed by atoms with Crippen LogP contribution in [-0.4, -0.2) is 58.7 Å². The molecule has 4 heterocycles. The number of aromatic nitrogens is 3. The van der Waals surface area contributed by atoms with Crippen LogP contribution in [0.25, 0.3) is 21.5 Å². The number of pyridine rings is 1. The Hall–Kier alpha value is -2.92. The molecule has 1 saturated heterocycles. The van der Waals surface area contributed by atoms with Crippen LogP contribution in [0.5, 0.6) is 5.75 Å². The lowest BCUT2D eigenvalue weighted by Crippen LogP contribution is -2.51. The molecular weight excluding hydrogens is 547 g/mol. The fraction of sp³-hybridized carbons (Fsp3) is 0.385. The lowest BCUT2D eigenvalue weighted by Gasteiger charge is -2.39. The van der Waals surface area contributed by atoms with Crippen LogP contribution in [0.3, 0.4) is 0 Å². The van der Waals surface area contributed by atoms with E-state index in [-0.39, 0.29) is 6.04 Å². The normalized spacial score (nSPS) is 18.3. The van der Waals surface area contributed by atoms with Gasteiger partial charge in [-0.05, 0) is 31.9 Å². The molecule has 4 aromatic rings. The van der Waals surface area contributed by atoms with E-state index in [4.69, 9.17) is 43.2 Å². The molecule has 2 aliphatic rings. The predicted molar refractivity (Wildman–Crippen MR) is 149 cm³/mol. The van der Waals surface area contributed by atoms with Crippen molar-refractivity contribution in [2.75, 3.05) is 31.6 Å². The minimum atomic E-state index is -0.491. The van der Waals surface area contributed by atoms with Gasteiger partial charge in [0.1, 0.15) is 22.7 Å². The minimum absolute atomic E-state index is 0.201. The van der Waals surface area contributed by atoms with Gasteiger partial charge < -0.3 is 19.9 Å². The van der Waals surface area contributed by atoms with Crippen molar-refractivity contribution in [2.45, 2.75) is 38.3 Å². The number of ether oxygens (including phenoxy) is 1. The van der Waals surface area contributed by atoms with Crippen molar-refractivity contribution in [3.63, 3.8) is 0 Å². The number of anilines is 1. The number of carbonyl (C=O) groups excluding carboxylic acids is 1. The molecule has 2 N–H and O–H groups in total. The average molecular weight is 574 g/mol. The average Bonchev–Trinajstić information content (AvgIpc) is 3.51. The maximum absolute atomic E-state index is 11.8. The van der Waals surface area contributed by atoms with E-state index in [1.54, 1.807) is 43.0 Å². The van der Waals surface area contributed by atoms with Crippen molar-refractivity contribution < 1.29 is 14.1 Å². The van der Waals surface area contributed by atoms with Gasteiger partial charge in [0.15, 0.2) is 5.13 Å². The second-order valence-corrected chi connectivity index (χ2v) is 11.6. The summed E-state index contributed by atoms with van der Waals surface area (Å²) in [7, 11) is 1.57. The number of nitrogens with zero attached hydrogens (tertiary/aromatic N) is 5. The highest BCUT2D eigenvalue weighted by molar-refractivity contribution is 7.22. The molecule has 1 aliphatic heterocycles. The zero-order valence-corrected chi connectivity index (χ0v) is 23.2. The molecule has 198 valence electrons. The molecule has 6 rings (SSSR count). The molecule has 2 fully saturated rings. The molecule has 0 spiro atoms. The summed E-state index contributed by atoms with van der Waals surface area (Å²) in [6.07, 6.45) is 5.36. The van der Waals surface area contributed by atoms with E-state index in [0.29, 0.717) is 45.1 Å². The zero-order valence-electron chi connectivity index (χ0n) is 20.9. The number of carbonyl (C=O) groups is 1. The Labute approximate surface area is 233 Å². The third-order valence-electron chi connectivity index (χ3n) is 7.15. The number of primary amides is 1. The van der Waals surface area contributed by atoms with Crippen molar-refractivity contribution >= 4 is 55.8 Å². The molecule has 38 heavy (non-hydrogen) atoms. The lowest BCUT2D eigenvalue weighted by molar-refractivity contribution is 0.1000. The molecule has 1 amide bonds. The number of piperazine rings is 1. The quantitative estimate of drug-likeness (QED) is 0.315. The Morgan fingerprint density at radius 3 is 2.66 bits per heavy atom. The number of hydrogen-bond donors (Lipinski definition) is 1. The Morgan fingerprint density at radius 2 is 2.00 bits per heavy atom. The van der Waals surface area contributed by atoms with Gasteiger partial charge in [-0.2, -0.15) is 0 Å². The monoisotopic (exact) mass is 572 g/mol. The van der Waals surface area contributed by atoms with E-state index in [9.17, 15) is 4.79 Å². The number of rotatable bonds is 7. The Bertz CT molecular complexity index is 1510. The molecule has 1 aliphatic carbocycles. The number of methoxy groups -OCH3 is 1. The summed E-state index contributed by atoms with van der Waals surface area (Å²) in [5.74, 6) is 1.39. The summed E-state index contributed by atoms with van der Waals surface area (Å²) >= 11 is 14.5. The standard InChI is InChI=1S/C26H26Cl2N6O3S/c1-13-11-33(5-6-34(13)26-31-23-19(36-2)7-15(25(29)35)8-20(23)38-26)12-16-22(32-37-24(16)14-3-4-14)21-17(27)9-30-10-18(21)28/h7-10,13-14H,3-6,11-12H2,1-2H3,(H2,29,35)/t13-/m1/s1. The van der Waals surface area contributed by atoms with Crippen LogP contribution in [0, 0.1) is 0 Å². The number of halogens is 2. The van der Waals surface area contributed by atoms with Crippen LogP contribution in [0.2, 0.25) is 10.0 Å². The summed E-state index contributed by atoms with van der Waals surface area (Å²) in [6, 6.07) is 3.63. The fourth-order valence-electron chi connectivity index (χ4n) is 5.07. The molecule has 1 saturated carbocycles. The molecule has 1 aromatic carbocycles. The molecule has 1 atom stereocenters. The van der Waals surface area contributed by atoms with Gasteiger partial charge in [-0.1, -0.05) is 39.7 Å². The lowest BCUT2D eigenvalue weighted by atomic mass is 10.0. The highest BCUT2D eigenvalue weighted by atomic mass is 35.5. The molecule has 0 unspecified atom stereocenters. The van der Waals surface area contributed by atoms with Crippen molar-refractivity contribution in [1.29, 1.82) is 0 Å². The van der Waals surface area contributed by atoms with Crippen LogP contribution in [-0.2, 0) is 6.54 Å². The minimum Gasteiger partial charge on any atom is -0.494 e. The van der Waals surface area contributed by atoms with Gasteiger partial charge in [-0.15, -0.1) is 0 Å². The maximum Gasteiger partial charge on any atom is 0.248 e. The molecule has 9 nitrogen and oxygen atoms in total. The fourth-order valence-corrected chi connectivity index (χ4v) is 6.76. The second kappa shape index (κ2) is 10.00. The number of thiazole rings is 1. The first-order valence-corrected chi connectivity index (χ1v) is 14.0. The zero-order chi connectivity index (χ0) is 26.6. The Morgan fingerprint density at radius 1 is 1.24 bits per heavy atom. The smallest absolute Gasteiger partial charge is 0.248 e. The SMILES string of the molecule is COc1cc(C(N)=O)cc2sc(N3CCN(Cc4c(-c5c(Cl)cncc5Cl)noc4C4CC4)C[C@H]3C)nc12. The number of benzene rings is 1. The summed E-state index contributed by atoms with van der Waals surface area (Å²) in [6.45, 7) is 5.33. The first-order valence-electron chi connectivity index (χ1n) is 12.4. The largest absolute Gasteiger partial charge is 0.494 e. The second-order valence-electron chi connectivity index (χ2n) is 9.79. The highest BCUT2D eigenvalue weighted by Crippen LogP contribution is 2.46. The molecule has 0 radical (unpaired) electrons. The van der Waals surface area contributed by atoms with E-state index in [1.807, 2.05) is 0 Å². The van der Waals surface area contributed by atoms with E-state index in [2.05, 4.69) is 26.9 Å². The first-order chi connectivity index (χ1) is 18.3. The van der Waals surface area contributed by atoms with E-state index >= 15 is 0 Å². The molecular formula is C26H26Cl2N6O3S. The van der Waals surface area contributed by atoms with Gasteiger partial charge in [0.05, 0.1) is 21.9 Å². The maximum atomic E-state index is 11.8. The third kappa shape index (κ3) is 4.59. The number of amides is 1. The highest BCUT2D eigenvalue weighted by Gasteiger charge is 2.35. The Balaban J connectivity index is 1.25. The summed E-state index contributed by atoms with van der Waals surface area (Å²) in [4.78, 5) is 25.4. The van der Waals surface area contributed by atoms with Gasteiger partial charge in [0, 0.05) is 67.2 Å². The van der Waals surface area contributed by atoms with Crippen molar-refractivity contribution in [2.24, 2.45) is 5.73 Å². The van der Waals surface area contributed by atoms with E-state index in [1.165, 1.54) is 0 Å². The number of nitrogens with two attached hydrogens (primary N) is 1. The first kappa shape index (κ1) is 25.4. The van der Waals surface area contributed by atoms with Gasteiger partial charge in [-0.3, -0.25) is 14.7 Å². The van der Waals surface area contributed by atoms with E-state index < -0.39 is 5.91 Å². The van der Waals surface area contributed by atoms with Gasteiger partial charge >= 0.3 is 0 Å². The summed E-state index contributed by atoms with van der Waals surface area (Å²) < 4.78 is 12.2. The van der Waals surface area contributed by atoms with Gasteiger partial charge in [0.25, 0.3) is 0 Å². The summed E-state index contributed by atoms with van der Waals surface area (Å²) in [5, 5.41) is 6.22. The van der Waals surface area contributed by atoms with Crippen LogP contribution < -0.4 is 15.4 Å². The summed E-state index contributed by atoms with van der Waals surface area (Å²) in [5.41, 5.74) is 9.07. The molecule has 12 heteroatoms. The predicted octanol–water partition coefficient (Wildman–Crippen LogP) is 5.35. The van der Waals surface area contributed by atoms with Crippen LogP contribution in [0.4, 0.5) is 5.13 Å². The van der Waals surface area contributed by atoms with Gasteiger partial charge in [-0.25, -0.2) is 4.98 Å². The van der Waals surface area contributed by atoms with Crippen LogP contribution in [0.1, 0.15) is 47.4 Å².